The van der Waals surface area contributed by atoms with Crippen LogP contribution in [0.25, 0.3) is 0 Å². The first-order valence-electron chi connectivity index (χ1n) is 10.2. The molecule has 31 heavy (non-hydrogen) atoms. The summed E-state index contributed by atoms with van der Waals surface area (Å²) in [5.41, 5.74) is 1.04. The highest BCUT2D eigenvalue weighted by Gasteiger charge is 2.19. The molecule has 4 heterocycles. The number of nitrogens with one attached hydrogen (secondary N) is 2. The average molecular weight is 453 g/mol. The number of piperidine rings is 1. The molecule has 8 nitrogen and oxygen atoms in total. The number of pyridine rings is 1. The van der Waals surface area contributed by atoms with E-state index in [0.717, 1.165) is 48.3 Å². The fourth-order valence-corrected chi connectivity index (χ4v) is 4.06. The van der Waals surface area contributed by atoms with Gasteiger partial charge in [-0.15, -0.1) is 0 Å². The maximum Gasteiger partial charge on any atom is 0.232 e. The van der Waals surface area contributed by atoms with Gasteiger partial charge in [-0.25, -0.2) is 15.0 Å². The lowest BCUT2D eigenvalue weighted by Crippen LogP contribution is -2.34. The molecule has 10 heteroatoms. The van der Waals surface area contributed by atoms with Gasteiger partial charge >= 0.3 is 0 Å². The van der Waals surface area contributed by atoms with Gasteiger partial charge in [0.05, 0.1) is 0 Å². The maximum absolute atomic E-state index is 5.46. The van der Waals surface area contributed by atoms with Crippen molar-refractivity contribution in [2.24, 2.45) is 5.92 Å². The first-order valence-corrected chi connectivity index (χ1v) is 11.4. The standard InChI is InChI=1S/C21H24N8S2/c1-15-5-10-29(11-6-15)17-12-18(31-21-23-8-3-9-24-21)27-19(26-17)28-20(30)25-14-16-4-2-7-22-13-16/h2-4,7-9,12-13,15H,5-6,10-11,14H2,1H3,(H2,25,26,27,28,30). The van der Waals surface area contributed by atoms with Crippen molar-refractivity contribution < 1.29 is 0 Å². The van der Waals surface area contributed by atoms with E-state index in [-0.39, 0.29) is 0 Å². The van der Waals surface area contributed by atoms with Crippen LogP contribution in [0.15, 0.2) is 59.2 Å². The minimum absolute atomic E-state index is 0.457. The summed E-state index contributed by atoms with van der Waals surface area (Å²) in [7, 11) is 0. The number of thiocarbonyl (C=S) groups is 1. The third-order valence-electron chi connectivity index (χ3n) is 4.94. The van der Waals surface area contributed by atoms with Crippen molar-refractivity contribution in [2.75, 3.05) is 23.3 Å². The van der Waals surface area contributed by atoms with E-state index < -0.39 is 0 Å². The van der Waals surface area contributed by atoms with Crippen LogP contribution in [0.5, 0.6) is 0 Å². The summed E-state index contributed by atoms with van der Waals surface area (Å²) >= 11 is 6.86. The van der Waals surface area contributed by atoms with Crippen molar-refractivity contribution >= 4 is 40.9 Å². The van der Waals surface area contributed by atoms with E-state index in [1.54, 1.807) is 30.9 Å². The summed E-state index contributed by atoms with van der Waals surface area (Å²) in [6.45, 7) is 4.83. The van der Waals surface area contributed by atoms with Gasteiger partial charge in [-0.3, -0.25) is 4.98 Å². The topological polar surface area (TPSA) is 91.8 Å². The normalized spacial score (nSPS) is 14.3. The Labute approximate surface area is 191 Å². The van der Waals surface area contributed by atoms with Crippen molar-refractivity contribution in [1.82, 2.24) is 30.2 Å². The largest absolute Gasteiger partial charge is 0.358 e. The Bertz CT molecular complexity index is 995. The van der Waals surface area contributed by atoms with E-state index in [2.05, 4.69) is 42.4 Å². The van der Waals surface area contributed by atoms with Gasteiger partial charge in [0.25, 0.3) is 0 Å². The van der Waals surface area contributed by atoms with E-state index in [1.807, 2.05) is 18.2 Å². The number of aromatic nitrogens is 5. The van der Waals surface area contributed by atoms with Gasteiger partial charge in [0.1, 0.15) is 10.8 Å². The molecule has 3 aromatic rings. The maximum atomic E-state index is 5.46. The summed E-state index contributed by atoms with van der Waals surface area (Å²) < 4.78 is 0. The fourth-order valence-electron chi connectivity index (χ4n) is 3.18. The number of rotatable bonds is 6. The zero-order valence-corrected chi connectivity index (χ0v) is 18.9. The van der Waals surface area contributed by atoms with E-state index >= 15 is 0 Å². The van der Waals surface area contributed by atoms with Gasteiger partial charge in [0.2, 0.25) is 5.95 Å². The Balaban J connectivity index is 1.50. The number of anilines is 2. The Hall–Kier alpha value is -2.85. The molecule has 0 spiro atoms. The van der Waals surface area contributed by atoms with Crippen LogP contribution < -0.4 is 15.5 Å². The minimum atomic E-state index is 0.457. The third kappa shape index (κ3) is 6.31. The van der Waals surface area contributed by atoms with E-state index in [4.69, 9.17) is 17.2 Å². The monoisotopic (exact) mass is 452 g/mol. The molecule has 0 bridgehead atoms. The van der Waals surface area contributed by atoms with Crippen molar-refractivity contribution in [3.05, 3.63) is 54.6 Å². The van der Waals surface area contributed by atoms with Crippen LogP contribution in [0.1, 0.15) is 25.3 Å². The second kappa shape index (κ2) is 10.5. The fraction of sp³-hybridized carbons (Fsp3) is 0.333. The smallest absolute Gasteiger partial charge is 0.232 e. The van der Waals surface area contributed by atoms with Crippen molar-refractivity contribution in [2.45, 2.75) is 36.5 Å². The van der Waals surface area contributed by atoms with Gasteiger partial charge in [-0.2, -0.15) is 4.98 Å². The van der Waals surface area contributed by atoms with Crippen LogP contribution in [0, 0.1) is 5.92 Å². The molecule has 0 amide bonds. The Morgan fingerprint density at radius 3 is 2.71 bits per heavy atom. The highest BCUT2D eigenvalue weighted by atomic mass is 32.2. The SMILES string of the molecule is CC1CCN(c2cc(Sc3ncccn3)nc(NC(=S)NCc3cccnc3)n2)CC1. The van der Waals surface area contributed by atoms with Crippen LogP contribution in [-0.2, 0) is 6.54 Å². The highest BCUT2D eigenvalue weighted by molar-refractivity contribution is 7.99. The lowest BCUT2D eigenvalue weighted by molar-refractivity contribution is 0.436. The quantitative estimate of drug-likeness (QED) is 0.329. The lowest BCUT2D eigenvalue weighted by atomic mass is 9.99. The van der Waals surface area contributed by atoms with Crippen LogP contribution in [0.4, 0.5) is 11.8 Å². The van der Waals surface area contributed by atoms with E-state index in [1.165, 1.54) is 11.8 Å². The van der Waals surface area contributed by atoms with Crippen molar-refractivity contribution in [3.8, 4) is 0 Å². The molecule has 1 aliphatic rings. The molecule has 4 rings (SSSR count). The molecular weight excluding hydrogens is 428 g/mol. The molecule has 0 aromatic carbocycles. The van der Waals surface area contributed by atoms with E-state index in [0.29, 0.717) is 22.8 Å². The van der Waals surface area contributed by atoms with Gasteiger partial charge < -0.3 is 15.5 Å². The molecule has 1 saturated heterocycles. The third-order valence-corrected chi connectivity index (χ3v) is 5.99. The highest BCUT2D eigenvalue weighted by Crippen LogP contribution is 2.28. The zero-order chi connectivity index (χ0) is 21.5. The van der Waals surface area contributed by atoms with Crippen LogP contribution in [0.3, 0.4) is 0 Å². The molecule has 0 unspecified atom stereocenters. The van der Waals surface area contributed by atoms with Gasteiger partial charge in [-0.05, 0) is 60.4 Å². The Morgan fingerprint density at radius 1 is 1.16 bits per heavy atom. The summed E-state index contributed by atoms with van der Waals surface area (Å²) in [5.74, 6) is 2.09. The summed E-state index contributed by atoms with van der Waals surface area (Å²) in [4.78, 5) is 24.4. The Morgan fingerprint density at radius 2 is 1.97 bits per heavy atom. The van der Waals surface area contributed by atoms with Gasteiger partial charge in [-0.1, -0.05) is 13.0 Å². The molecule has 0 aliphatic carbocycles. The molecular formula is C21H24N8S2. The molecule has 0 atom stereocenters. The average Bonchev–Trinajstić information content (AvgIpc) is 2.79. The lowest BCUT2D eigenvalue weighted by Gasteiger charge is -2.31. The second-order valence-corrected chi connectivity index (χ2v) is 8.76. The van der Waals surface area contributed by atoms with E-state index in [9.17, 15) is 0 Å². The second-order valence-electron chi connectivity index (χ2n) is 7.36. The van der Waals surface area contributed by atoms with Crippen LogP contribution in [0.2, 0.25) is 0 Å². The van der Waals surface area contributed by atoms with Crippen molar-refractivity contribution in [1.29, 1.82) is 0 Å². The molecule has 1 aliphatic heterocycles. The van der Waals surface area contributed by atoms with Crippen LogP contribution in [-0.4, -0.2) is 43.1 Å². The zero-order valence-electron chi connectivity index (χ0n) is 17.2. The molecule has 0 radical (unpaired) electrons. The predicted molar refractivity (Wildman–Crippen MR) is 126 cm³/mol. The summed E-state index contributed by atoms with van der Waals surface area (Å²) in [6.07, 6.45) is 9.31. The number of hydrogen-bond donors (Lipinski definition) is 2. The molecule has 2 N–H and O–H groups in total. The first-order chi connectivity index (χ1) is 15.2. The van der Waals surface area contributed by atoms with Gasteiger partial charge in [0.15, 0.2) is 10.3 Å². The predicted octanol–water partition coefficient (Wildman–Crippen LogP) is 3.54. The molecule has 1 fully saturated rings. The van der Waals surface area contributed by atoms with Crippen molar-refractivity contribution in [3.63, 3.8) is 0 Å². The molecule has 0 saturated carbocycles. The Kier molecular flexibility index (Phi) is 7.21. The minimum Gasteiger partial charge on any atom is -0.358 e. The van der Waals surface area contributed by atoms with Gasteiger partial charge in [0, 0.05) is 50.5 Å². The summed E-state index contributed by atoms with van der Waals surface area (Å²) in [5, 5.41) is 8.17. The molecule has 160 valence electrons. The summed E-state index contributed by atoms with van der Waals surface area (Å²) in [6, 6.07) is 7.68. The first kappa shape index (κ1) is 21.4. The number of nitrogens with zero attached hydrogens (tertiary/aromatic N) is 6. The molecule has 3 aromatic heterocycles. The van der Waals surface area contributed by atoms with Crippen LogP contribution >= 0.6 is 24.0 Å². The number of hydrogen-bond acceptors (Lipinski definition) is 8.